The topological polar surface area (TPSA) is 78.3 Å². The SMILES string of the molecule is C/C=C/c1ccc(OCC(=O)NCc2ccccc2Cn2cncn2)c(OC)c1. The lowest BCUT2D eigenvalue weighted by atomic mass is 10.1. The van der Waals surface area contributed by atoms with Crippen LogP contribution in [0.25, 0.3) is 6.08 Å². The summed E-state index contributed by atoms with van der Waals surface area (Å²) in [5, 5.41) is 7.02. The molecule has 0 aliphatic rings. The Hall–Kier alpha value is -3.61. The number of methoxy groups -OCH3 is 1. The molecule has 1 aromatic heterocycles. The summed E-state index contributed by atoms with van der Waals surface area (Å²) < 4.78 is 12.7. The average molecular weight is 392 g/mol. The van der Waals surface area contributed by atoms with Crippen LogP contribution in [0.3, 0.4) is 0 Å². The van der Waals surface area contributed by atoms with Gasteiger partial charge in [-0.3, -0.25) is 4.79 Å². The molecule has 0 fully saturated rings. The van der Waals surface area contributed by atoms with Gasteiger partial charge in [0.25, 0.3) is 5.91 Å². The lowest BCUT2D eigenvalue weighted by molar-refractivity contribution is -0.123. The number of hydrogen-bond acceptors (Lipinski definition) is 5. The summed E-state index contributed by atoms with van der Waals surface area (Å²) in [4.78, 5) is 16.2. The molecular formula is C22H24N4O3. The largest absolute Gasteiger partial charge is 0.493 e. The van der Waals surface area contributed by atoms with Crippen molar-refractivity contribution in [1.29, 1.82) is 0 Å². The van der Waals surface area contributed by atoms with Gasteiger partial charge in [0.2, 0.25) is 0 Å². The number of carbonyl (C=O) groups is 1. The van der Waals surface area contributed by atoms with Crippen LogP contribution in [0.5, 0.6) is 11.5 Å². The number of ether oxygens (including phenoxy) is 2. The van der Waals surface area contributed by atoms with E-state index in [1.54, 1.807) is 24.2 Å². The normalized spacial score (nSPS) is 10.8. The van der Waals surface area contributed by atoms with E-state index in [-0.39, 0.29) is 12.5 Å². The monoisotopic (exact) mass is 392 g/mol. The van der Waals surface area contributed by atoms with Gasteiger partial charge < -0.3 is 14.8 Å². The summed E-state index contributed by atoms with van der Waals surface area (Å²) in [6, 6.07) is 13.5. The first-order chi connectivity index (χ1) is 14.2. The van der Waals surface area contributed by atoms with E-state index in [1.165, 1.54) is 6.33 Å². The van der Waals surface area contributed by atoms with Crippen LogP contribution in [-0.4, -0.2) is 34.4 Å². The van der Waals surface area contributed by atoms with Gasteiger partial charge in [-0.1, -0.05) is 42.5 Å². The number of nitrogens with one attached hydrogen (secondary N) is 1. The molecular weight excluding hydrogens is 368 g/mol. The minimum Gasteiger partial charge on any atom is -0.493 e. The van der Waals surface area contributed by atoms with Crippen molar-refractivity contribution in [3.8, 4) is 11.5 Å². The van der Waals surface area contributed by atoms with E-state index in [2.05, 4.69) is 15.4 Å². The van der Waals surface area contributed by atoms with Gasteiger partial charge in [-0.05, 0) is 35.7 Å². The third kappa shape index (κ3) is 5.68. The van der Waals surface area contributed by atoms with Crippen molar-refractivity contribution in [2.45, 2.75) is 20.0 Å². The number of carbonyl (C=O) groups excluding carboxylic acids is 1. The Morgan fingerprint density at radius 1 is 1.17 bits per heavy atom. The fraction of sp³-hybridized carbons (Fsp3) is 0.227. The molecule has 1 N–H and O–H groups in total. The molecule has 3 aromatic rings. The van der Waals surface area contributed by atoms with Gasteiger partial charge in [0.05, 0.1) is 13.7 Å². The smallest absolute Gasteiger partial charge is 0.258 e. The minimum atomic E-state index is -0.208. The van der Waals surface area contributed by atoms with Gasteiger partial charge >= 0.3 is 0 Å². The van der Waals surface area contributed by atoms with Gasteiger partial charge in [-0.2, -0.15) is 5.10 Å². The van der Waals surface area contributed by atoms with Crippen LogP contribution in [0.15, 0.2) is 61.2 Å². The third-order valence-corrected chi connectivity index (χ3v) is 4.30. The predicted molar refractivity (Wildman–Crippen MR) is 111 cm³/mol. The Morgan fingerprint density at radius 3 is 2.72 bits per heavy atom. The second kappa shape index (κ2) is 10.1. The van der Waals surface area contributed by atoms with Crippen molar-refractivity contribution in [3.05, 3.63) is 77.9 Å². The first-order valence-electron chi connectivity index (χ1n) is 9.29. The number of allylic oxidation sites excluding steroid dienone is 1. The molecule has 0 aliphatic heterocycles. The molecule has 150 valence electrons. The highest BCUT2D eigenvalue weighted by Gasteiger charge is 2.09. The lowest BCUT2D eigenvalue weighted by Gasteiger charge is -2.13. The molecule has 29 heavy (non-hydrogen) atoms. The average Bonchev–Trinajstić information content (AvgIpc) is 3.25. The van der Waals surface area contributed by atoms with Crippen LogP contribution < -0.4 is 14.8 Å². The zero-order valence-electron chi connectivity index (χ0n) is 16.5. The molecule has 1 heterocycles. The maximum atomic E-state index is 12.3. The van der Waals surface area contributed by atoms with Crippen molar-refractivity contribution in [3.63, 3.8) is 0 Å². The lowest BCUT2D eigenvalue weighted by Crippen LogP contribution is -2.29. The highest BCUT2D eigenvalue weighted by molar-refractivity contribution is 5.77. The zero-order chi connectivity index (χ0) is 20.5. The van der Waals surface area contributed by atoms with Gasteiger partial charge in [0.15, 0.2) is 18.1 Å². The summed E-state index contributed by atoms with van der Waals surface area (Å²) in [5.74, 6) is 0.911. The van der Waals surface area contributed by atoms with Crippen molar-refractivity contribution in [1.82, 2.24) is 20.1 Å². The van der Waals surface area contributed by atoms with Crippen LogP contribution in [0.2, 0.25) is 0 Å². The molecule has 0 spiro atoms. The van der Waals surface area contributed by atoms with Crippen LogP contribution in [0.4, 0.5) is 0 Å². The maximum absolute atomic E-state index is 12.3. The Morgan fingerprint density at radius 2 is 2.00 bits per heavy atom. The van der Waals surface area contributed by atoms with E-state index in [0.29, 0.717) is 24.6 Å². The molecule has 7 heteroatoms. The van der Waals surface area contributed by atoms with Crippen LogP contribution in [0.1, 0.15) is 23.6 Å². The van der Waals surface area contributed by atoms with Crippen molar-refractivity contribution in [2.75, 3.05) is 13.7 Å². The van der Waals surface area contributed by atoms with E-state index in [0.717, 1.165) is 16.7 Å². The number of nitrogens with zero attached hydrogens (tertiary/aromatic N) is 3. The van der Waals surface area contributed by atoms with Crippen molar-refractivity contribution in [2.24, 2.45) is 0 Å². The number of aromatic nitrogens is 3. The van der Waals surface area contributed by atoms with Crippen LogP contribution in [-0.2, 0) is 17.9 Å². The summed E-state index contributed by atoms with van der Waals surface area (Å²) in [5.41, 5.74) is 3.09. The Kier molecular flexibility index (Phi) is 7.00. The van der Waals surface area contributed by atoms with Crippen LogP contribution >= 0.6 is 0 Å². The molecule has 0 bridgehead atoms. The molecule has 0 saturated carbocycles. The Bertz CT molecular complexity index is 968. The van der Waals surface area contributed by atoms with Gasteiger partial charge in [0.1, 0.15) is 12.7 Å². The zero-order valence-corrected chi connectivity index (χ0v) is 16.5. The van der Waals surface area contributed by atoms with Gasteiger partial charge in [0, 0.05) is 6.54 Å². The van der Waals surface area contributed by atoms with E-state index < -0.39 is 0 Å². The van der Waals surface area contributed by atoms with Crippen molar-refractivity contribution < 1.29 is 14.3 Å². The van der Waals surface area contributed by atoms with Crippen molar-refractivity contribution >= 4 is 12.0 Å². The summed E-state index contributed by atoms with van der Waals surface area (Å²) in [7, 11) is 1.58. The highest BCUT2D eigenvalue weighted by atomic mass is 16.5. The Balaban J connectivity index is 1.56. The van der Waals surface area contributed by atoms with E-state index >= 15 is 0 Å². The second-order valence-corrected chi connectivity index (χ2v) is 6.34. The number of amides is 1. The molecule has 7 nitrogen and oxygen atoms in total. The quantitative estimate of drug-likeness (QED) is 0.606. The molecule has 0 saturated heterocycles. The standard InChI is InChI=1S/C22H24N4O3/c1-3-6-17-9-10-20(21(11-17)28-2)29-14-22(27)24-12-18-7-4-5-8-19(18)13-26-16-23-15-25-26/h3-11,15-16H,12-14H2,1-2H3,(H,24,27)/b6-3+. The summed E-state index contributed by atoms with van der Waals surface area (Å²) in [6.45, 7) is 2.86. The molecule has 0 atom stereocenters. The second-order valence-electron chi connectivity index (χ2n) is 6.34. The van der Waals surface area contributed by atoms with Gasteiger partial charge in [-0.25, -0.2) is 9.67 Å². The highest BCUT2D eigenvalue weighted by Crippen LogP contribution is 2.28. The van der Waals surface area contributed by atoms with Crippen LogP contribution in [0, 0.1) is 0 Å². The minimum absolute atomic E-state index is 0.0927. The third-order valence-electron chi connectivity index (χ3n) is 4.30. The Labute approximate surface area is 170 Å². The molecule has 1 amide bonds. The first-order valence-corrected chi connectivity index (χ1v) is 9.29. The van der Waals surface area contributed by atoms with E-state index in [4.69, 9.17) is 9.47 Å². The van der Waals surface area contributed by atoms with E-state index in [1.807, 2.05) is 55.5 Å². The molecule has 0 aliphatic carbocycles. The fourth-order valence-electron chi connectivity index (χ4n) is 2.86. The number of benzene rings is 2. The van der Waals surface area contributed by atoms with Gasteiger partial charge in [-0.15, -0.1) is 0 Å². The first kappa shape index (κ1) is 20.1. The predicted octanol–water partition coefficient (Wildman–Crippen LogP) is 3.06. The number of rotatable bonds is 9. The maximum Gasteiger partial charge on any atom is 0.258 e. The number of hydrogen-bond donors (Lipinski definition) is 1. The fourth-order valence-corrected chi connectivity index (χ4v) is 2.86. The summed E-state index contributed by atoms with van der Waals surface area (Å²) >= 11 is 0. The molecule has 3 rings (SSSR count). The molecule has 0 unspecified atom stereocenters. The molecule has 2 aromatic carbocycles. The summed E-state index contributed by atoms with van der Waals surface area (Å²) in [6.07, 6.45) is 7.08. The van der Waals surface area contributed by atoms with E-state index in [9.17, 15) is 4.79 Å². The molecule has 0 radical (unpaired) electrons.